The minimum Gasteiger partial charge on any atom is -0.398 e. The van der Waals surface area contributed by atoms with Crippen LogP contribution in [0.15, 0.2) is 48.5 Å². The van der Waals surface area contributed by atoms with E-state index in [1.165, 1.54) is 16.7 Å². The van der Waals surface area contributed by atoms with Crippen molar-refractivity contribution in [3.63, 3.8) is 0 Å². The number of hydrogen-bond acceptors (Lipinski definition) is 2. The lowest BCUT2D eigenvalue weighted by atomic mass is 9.98. The number of hydrogen-bond donors (Lipinski definition) is 1. The number of nitrogens with zero attached hydrogens (tertiary/aromatic N) is 1. The third-order valence-corrected chi connectivity index (χ3v) is 3.95. The standard InChI is InChI=1S/C17H20N2/c18-17-8-4-7-15-10-12-19(13-16(15)17)11-9-14-5-2-1-3-6-14/h1-8H,9-13,18H2. The Labute approximate surface area is 114 Å². The van der Waals surface area contributed by atoms with Crippen LogP contribution in [0, 0.1) is 0 Å². The SMILES string of the molecule is Nc1cccc2c1CN(CCc1ccccc1)CC2. The summed E-state index contributed by atoms with van der Waals surface area (Å²) in [6, 6.07) is 17.0. The molecular formula is C17H20N2. The van der Waals surface area contributed by atoms with Crippen molar-refractivity contribution in [2.45, 2.75) is 19.4 Å². The first kappa shape index (κ1) is 12.2. The van der Waals surface area contributed by atoms with E-state index in [0.29, 0.717) is 0 Å². The largest absolute Gasteiger partial charge is 0.398 e. The Morgan fingerprint density at radius 1 is 1.00 bits per heavy atom. The number of rotatable bonds is 3. The maximum Gasteiger partial charge on any atom is 0.0362 e. The molecule has 0 saturated heterocycles. The van der Waals surface area contributed by atoms with E-state index in [-0.39, 0.29) is 0 Å². The first-order valence-electron chi connectivity index (χ1n) is 6.95. The highest BCUT2D eigenvalue weighted by Crippen LogP contribution is 2.24. The second-order valence-corrected chi connectivity index (χ2v) is 5.25. The summed E-state index contributed by atoms with van der Waals surface area (Å²) < 4.78 is 0. The summed E-state index contributed by atoms with van der Waals surface area (Å²) >= 11 is 0. The monoisotopic (exact) mass is 252 g/mol. The summed E-state index contributed by atoms with van der Waals surface area (Å²) in [5, 5.41) is 0. The van der Waals surface area contributed by atoms with Gasteiger partial charge in [0.15, 0.2) is 0 Å². The number of benzene rings is 2. The number of anilines is 1. The van der Waals surface area contributed by atoms with E-state index < -0.39 is 0 Å². The van der Waals surface area contributed by atoms with Gasteiger partial charge < -0.3 is 5.73 Å². The first-order chi connectivity index (χ1) is 9.33. The Balaban J connectivity index is 1.64. The minimum atomic E-state index is 0.946. The topological polar surface area (TPSA) is 29.3 Å². The molecule has 3 rings (SSSR count). The minimum absolute atomic E-state index is 0.946. The lowest BCUT2D eigenvalue weighted by Crippen LogP contribution is -2.32. The molecule has 0 spiro atoms. The Morgan fingerprint density at radius 2 is 1.84 bits per heavy atom. The quantitative estimate of drug-likeness (QED) is 0.851. The van der Waals surface area contributed by atoms with Crippen molar-refractivity contribution >= 4 is 5.69 Å². The van der Waals surface area contributed by atoms with Gasteiger partial charge in [-0.05, 0) is 35.6 Å². The number of nitrogens with two attached hydrogens (primary N) is 1. The van der Waals surface area contributed by atoms with Gasteiger partial charge in [0, 0.05) is 25.3 Å². The molecule has 0 fully saturated rings. The Morgan fingerprint density at radius 3 is 2.68 bits per heavy atom. The van der Waals surface area contributed by atoms with Crippen molar-refractivity contribution in [3.8, 4) is 0 Å². The highest BCUT2D eigenvalue weighted by Gasteiger charge is 2.17. The maximum absolute atomic E-state index is 6.08. The van der Waals surface area contributed by atoms with Crippen LogP contribution in [0.25, 0.3) is 0 Å². The zero-order valence-electron chi connectivity index (χ0n) is 11.2. The summed E-state index contributed by atoms with van der Waals surface area (Å²) in [5.41, 5.74) is 11.2. The summed E-state index contributed by atoms with van der Waals surface area (Å²) in [7, 11) is 0. The van der Waals surface area contributed by atoms with E-state index in [1.54, 1.807) is 0 Å². The molecule has 2 N–H and O–H groups in total. The smallest absolute Gasteiger partial charge is 0.0362 e. The highest BCUT2D eigenvalue weighted by molar-refractivity contribution is 5.51. The molecule has 0 saturated carbocycles. The van der Waals surface area contributed by atoms with Crippen molar-refractivity contribution in [3.05, 3.63) is 65.2 Å². The van der Waals surface area contributed by atoms with E-state index in [2.05, 4.69) is 47.4 Å². The van der Waals surface area contributed by atoms with Crippen LogP contribution in [-0.4, -0.2) is 18.0 Å². The van der Waals surface area contributed by atoms with Gasteiger partial charge >= 0.3 is 0 Å². The fourth-order valence-corrected chi connectivity index (χ4v) is 2.79. The van der Waals surface area contributed by atoms with Crippen molar-refractivity contribution in [1.82, 2.24) is 4.90 Å². The van der Waals surface area contributed by atoms with Crippen LogP contribution in [0.3, 0.4) is 0 Å². The molecule has 0 aliphatic carbocycles. The van der Waals surface area contributed by atoms with Crippen LogP contribution < -0.4 is 5.73 Å². The van der Waals surface area contributed by atoms with Gasteiger partial charge in [0.25, 0.3) is 0 Å². The van der Waals surface area contributed by atoms with Gasteiger partial charge in [0.2, 0.25) is 0 Å². The predicted molar refractivity (Wildman–Crippen MR) is 80.0 cm³/mol. The van der Waals surface area contributed by atoms with Crippen LogP contribution in [0.2, 0.25) is 0 Å². The Hall–Kier alpha value is -1.80. The van der Waals surface area contributed by atoms with Gasteiger partial charge in [0.05, 0.1) is 0 Å². The molecule has 0 bridgehead atoms. The third-order valence-electron chi connectivity index (χ3n) is 3.95. The molecule has 1 aliphatic rings. The van der Waals surface area contributed by atoms with Gasteiger partial charge in [-0.25, -0.2) is 0 Å². The molecule has 98 valence electrons. The van der Waals surface area contributed by atoms with Crippen molar-refractivity contribution in [1.29, 1.82) is 0 Å². The first-order valence-corrected chi connectivity index (χ1v) is 6.95. The molecule has 1 heterocycles. The second-order valence-electron chi connectivity index (χ2n) is 5.25. The van der Waals surface area contributed by atoms with Gasteiger partial charge in [-0.15, -0.1) is 0 Å². The predicted octanol–water partition coefficient (Wildman–Crippen LogP) is 2.87. The third kappa shape index (κ3) is 2.79. The summed E-state index contributed by atoms with van der Waals surface area (Å²) in [6.07, 6.45) is 2.23. The lowest BCUT2D eigenvalue weighted by molar-refractivity contribution is 0.258. The van der Waals surface area contributed by atoms with Gasteiger partial charge in [0.1, 0.15) is 0 Å². The molecule has 2 heteroatoms. The Kier molecular flexibility index (Phi) is 3.51. The van der Waals surface area contributed by atoms with E-state index in [0.717, 1.165) is 38.2 Å². The summed E-state index contributed by atoms with van der Waals surface area (Å²) in [4.78, 5) is 2.51. The summed E-state index contributed by atoms with van der Waals surface area (Å²) in [6.45, 7) is 3.25. The number of fused-ring (bicyclic) bond motifs is 1. The van der Waals surface area contributed by atoms with Crippen LogP contribution in [0.5, 0.6) is 0 Å². The van der Waals surface area contributed by atoms with E-state index >= 15 is 0 Å². The molecule has 2 aromatic rings. The highest BCUT2D eigenvalue weighted by atomic mass is 15.1. The van der Waals surface area contributed by atoms with Crippen LogP contribution in [0.1, 0.15) is 16.7 Å². The van der Waals surface area contributed by atoms with Gasteiger partial charge in [-0.3, -0.25) is 4.90 Å². The van der Waals surface area contributed by atoms with Crippen molar-refractivity contribution < 1.29 is 0 Å². The maximum atomic E-state index is 6.08. The zero-order valence-corrected chi connectivity index (χ0v) is 11.2. The fourth-order valence-electron chi connectivity index (χ4n) is 2.79. The fraction of sp³-hybridized carbons (Fsp3) is 0.294. The van der Waals surface area contributed by atoms with Gasteiger partial charge in [-0.2, -0.15) is 0 Å². The lowest BCUT2D eigenvalue weighted by Gasteiger charge is -2.29. The molecule has 0 radical (unpaired) electrons. The summed E-state index contributed by atoms with van der Waals surface area (Å²) in [5.74, 6) is 0. The zero-order chi connectivity index (χ0) is 13.1. The van der Waals surface area contributed by atoms with E-state index in [9.17, 15) is 0 Å². The average Bonchev–Trinajstić information content (AvgIpc) is 2.47. The molecule has 0 unspecified atom stereocenters. The molecule has 2 nitrogen and oxygen atoms in total. The van der Waals surface area contributed by atoms with E-state index in [1.807, 2.05) is 6.07 Å². The van der Waals surface area contributed by atoms with Gasteiger partial charge in [-0.1, -0.05) is 42.5 Å². The van der Waals surface area contributed by atoms with Crippen LogP contribution in [-0.2, 0) is 19.4 Å². The molecule has 19 heavy (non-hydrogen) atoms. The molecule has 1 aliphatic heterocycles. The normalized spacial score (nSPS) is 15.2. The van der Waals surface area contributed by atoms with Crippen molar-refractivity contribution in [2.75, 3.05) is 18.8 Å². The van der Waals surface area contributed by atoms with Crippen LogP contribution >= 0.6 is 0 Å². The molecular weight excluding hydrogens is 232 g/mol. The van der Waals surface area contributed by atoms with Crippen molar-refractivity contribution in [2.24, 2.45) is 0 Å². The average molecular weight is 252 g/mol. The second kappa shape index (κ2) is 5.45. The molecule has 0 aromatic heterocycles. The molecule has 2 aromatic carbocycles. The number of nitrogen functional groups attached to an aromatic ring is 1. The van der Waals surface area contributed by atoms with Crippen LogP contribution in [0.4, 0.5) is 5.69 Å². The molecule has 0 amide bonds. The molecule has 0 atom stereocenters. The Bertz CT molecular complexity index is 548. The van der Waals surface area contributed by atoms with E-state index in [4.69, 9.17) is 5.73 Å².